The third kappa shape index (κ3) is 4.75. The third-order valence-corrected chi connectivity index (χ3v) is 7.87. The van der Waals surface area contributed by atoms with Crippen LogP contribution in [-0.2, 0) is 14.2 Å². The predicted octanol–water partition coefficient (Wildman–Crippen LogP) is 5.77. The molecule has 10 heteroatoms. The van der Waals surface area contributed by atoms with Gasteiger partial charge in [-0.05, 0) is 89.8 Å². The van der Waals surface area contributed by atoms with Gasteiger partial charge in [-0.3, -0.25) is 0 Å². The van der Waals surface area contributed by atoms with Gasteiger partial charge < -0.3 is 23.7 Å². The molecule has 2 saturated heterocycles. The number of halogens is 2. The van der Waals surface area contributed by atoms with Crippen LogP contribution in [0.25, 0.3) is 11.0 Å². The zero-order valence-electron chi connectivity index (χ0n) is 21.2. The van der Waals surface area contributed by atoms with Crippen LogP contribution in [0.2, 0.25) is 10.4 Å². The second-order valence-electron chi connectivity index (χ2n) is 11.5. The van der Waals surface area contributed by atoms with Crippen molar-refractivity contribution < 1.29 is 19.0 Å². The molecule has 4 atom stereocenters. The molecule has 0 spiro atoms. The number of hydrogen-bond donors (Lipinski definition) is 0. The Labute approximate surface area is 216 Å². The van der Waals surface area contributed by atoms with Gasteiger partial charge in [0.1, 0.15) is 22.5 Å². The lowest BCUT2D eigenvalue weighted by Gasteiger charge is -2.37. The lowest BCUT2D eigenvalue weighted by Crippen LogP contribution is -2.44. The molecule has 2 aromatic heterocycles. The van der Waals surface area contributed by atoms with Crippen molar-refractivity contribution in [3.8, 4) is 0 Å². The molecule has 0 unspecified atom stereocenters. The maximum absolute atomic E-state index is 12.6. The van der Waals surface area contributed by atoms with Crippen molar-refractivity contribution in [2.24, 2.45) is 11.8 Å². The maximum Gasteiger partial charge on any atom is 0.410 e. The lowest BCUT2D eigenvalue weighted by molar-refractivity contribution is -0.163. The summed E-state index contributed by atoms with van der Waals surface area (Å²) in [7, 11) is 0. The summed E-state index contributed by atoms with van der Waals surface area (Å²) in [6, 6.07) is 0.0360. The highest BCUT2D eigenvalue weighted by Crippen LogP contribution is 2.52. The summed E-state index contributed by atoms with van der Waals surface area (Å²) in [5.41, 5.74) is 1.24. The molecule has 2 aliphatic heterocycles. The third-order valence-electron chi connectivity index (χ3n) is 7.42. The summed E-state index contributed by atoms with van der Waals surface area (Å²) >= 11 is 12.6. The largest absolute Gasteiger partial charge is 0.444 e. The molecule has 0 N–H and O–H groups in total. The van der Waals surface area contributed by atoms with Crippen LogP contribution in [-0.4, -0.2) is 62.2 Å². The van der Waals surface area contributed by atoms with E-state index in [0.29, 0.717) is 30.1 Å². The topological polar surface area (TPSA) is 78.7 Å². The summed E-state index contributed by atoms with van der Waals surface area (Å²) in [4.78, 5) is 23.0. The van der Waals surface area contributed by atoms with Crippen LogP contribution >= 0.6 is 23.2 Å². The summed E-state index contributed by atoms with van der Waals surface area (Å²) in [5, 5.41) is 1.31. The summed E-state index contributed by atoms with van der Waals surface area (Å²) in [6.45, 7) is 13.0. The van der Waals surface area contributed by atoms with Gasteiger partial charge in [0, 0.05) is 19.3 Å². The first-order valence-corrected chi connectivity index (χ1v) is 13.1. The fourth-order valence-electron chi connectivity index (χ4n) is 6.07. The fraction of sp³-hybridized carbons (Fsp3) is 0.720. The average Bonchev–Trinajstić information content (AvgIpc) is 3.34. The van der Waals surface area contributed by atoms with Crippen molar-refractivity contribution in [2.45, 2.75) is 90.4 Å². The van der Waals surface area contributed by atoms with E-state index in [2.05, 4.69) is 20.7 Å². The molecule has 4 heterocycles. The summed E-state index contributed by atoms with van der Waals surface area (Å²) in [5.74, 6) is 0.0673. The molecule has 1 saturated carbocycles. The number of piperidine rings is 1. The van der Waals surface area contributed by atoms with E-state index in [1.54, 1.807) is 0 Å². The SMILES string of the molecule is Cc1cn([C@@H]2C[C@H](C3CCN(C(=O)OC(C)(C)C)CC3)[C@H]3OC(C)(C)O[C@H]32)c2nc(Cl)nc(Cl)c12. The lowest BCUT2D eigenvalue weighted by atomic mass is 9.82. The maximum atomic E-state index is 12.6. The van der Waals surface area contributed by atoms with Crippen LogP contribution in [0.15, 0.2) is 6.20 Å². The number of nitrogens with zero attached hydrogens (tertiary/aromatic N) is 4. The van der Waals surface area contributed by atoms with E-state index in [0.717, 1.165) is 35.9 Å². The quantitative estimate of drug-likeness (QED) is 0.366. The first kappa shape index (κ1) is 25.1. The van der Waals surface area contributed by atoms with Gasteiger partial charge in [0.15, 0.2) is 5.79 Å². The van der Waals surface area contributed by atoms with Crippen molar-refractivity contribution in [2.75, 3.05) is 13.1 Å². The van der Waals surface area contributed by atoms with Gasteiger partial charge in [-0.15, -0.1) is 0 Å². The molecular weight excluding hydrogens is 491 g/mol. The normalized spacial score (nSPS) is 29.1. The number of fused-ring (bicyclic) bond motifs is 2. The monoisotopic (exact) mass is 524 g/mol. The van der Waals surface area contributed by atoms with Crippen molar-refractivity contribution in [1.29, 1.82) is 0 Å². The van der Waals surface area contributed by atoms with Crippen LogP contribution in [0, 0.1) is 18.8 Å². The molecule has 0 aromatic carbocycles. The van der Waals surface area contributed by atoms with Crippen molar-refractivity contribution in [3.63, 3.8) is 0 Å². The van der Waals surface area contributed by atoms with Crippen LogP contribution in [0.5, 0.6) is 0 Å². The Morgan fingerprint density at radius 1 is 1.14 bits per heavy atom. The van der Waals surface area contributed by atoms with Crippen molar-refractivity contribution >= 4 is 40.3 Å². The number of carbonyl (C=O) groups is 1. The van der Waals surface area contributed by atoms with Gasteiger partial charge in [-0.2, -0.15) is 4.98 Å². The Morgan fingerprint density at radius 2 is 1.80 bits per heavy atom. The Hall–Kier alpha value is -1.61. The van der Waals surface area contributed by atoms with Gasteiger partial charge in [0.2, 0.25) is 5.28 Å². The zero-order valence-corrected chi connectivity index (χ0v) is 22.7. The molecular formula is C25H34Cl2N4O4. The number of rotatable bonds is 2. The fourth-order valence-corrected chi connectivity index (χ4v) is 6.59. The Bertz CT molecular complexity index is 1140. The molecule has 1 amide bonds. The second-order valence-corrected chi connectivity index (χ2v) is 12.2. The number of carbonyl (C=O) groups excluding carboxylic acids is 1. The number of aromatic nitrogens is 3. The number of hydrogen-bond acceptors (Lipinski definition) is 6. The Kier molecular flexibility index (Phi) is 6.27. The highest BCUT2D eigenvalue weighted by molar-refractivity contribution is 6.35. The minimum atomic E-state index is -0.661. The zero-order chi connectivity index (χ0) is 25.3. The Balaban J connectivity index is 1.39. The molecule has 192 valence electrons. The van der Waals surface area contributed by atoms with Gasteiger partial charge in [0.05, 0.1) is 17.5 Å². The van der Waals surface area contributed by atoms with E-state index in [1.807, 2.05) is 46.4 Å². The van der Waals surface area contributed by atoms with E-state index >= 15 is 0 Å². The van der Waals surface area contributed by atoms with E-state index in [9.17, 15) is 4.79 Å². The molecule has 8 nitrogen and oxygen atoms in total. The average molecular weight is 525 g/mol. The van der Waals surface area contributed by atoms with Crippen molar-refractivity contribution in [3.05, 3.63) is 22.2 Å². The van der Waals surface area contributed by atoms with Gasteiger partial charge in [-0.25, -0.2) is 9.78 Å². The van der Waals surface area contributed by atoms with Gasteiger partial charge >= 0.3 is 6.09 Å². The molecule has 2 aromatic rings. The minimum absolute atomic E-state index is 0.0291. The second kappa shape index (κ2) is 8.75. The molecule has 35 heavy (non-hydrogen) atoms. The first-order chi connectivity index (χ1) is 16.3. The molecule has 1 aliphatic carbocycles. The Morgan fingerprint density at radius 3 is 2.46 bits per heavy atom. The minimum Gasteiger partial charge on any atom is -0.444 e. The van der Waals surface area contributed by atoms with E-state index in [-0.39, 0.29) is 29.6 Å². The summed E-state index contributed by atoms with van der Waals surface area (Å²) in [6.07, 6.45) is 4.42. The molecule has 0 radical (unpaired) electrons. The van der Waals surface area contributed by atoms with Crippen molar-refractivity contribution in [1.82, 2.24) is 19.4 Å². The first-order valence-electron chi connectivity index (χ1n) is 12.4. The summed E-state index contributed by atoms with van der Waals surface area (Å²) < 4.78 is 20.7. The van der Waals surface area contributed by atoms with E-state index in [4.69, 9.17) is 37.4 Å². The van der Waals surface area contributed by atoms with Gasteiger partial charge in [0.25, 0.3) is 0 Å². The van der Waals surface area contributed by atoms with Gasteiger partial charge in [-0.1, -0.05) is 11.6 Å². The number of likely N-dealkylation sites (tertiary alicyclic amines) is 1. The standard InChI is InChI=1S/C25H34Cl2N4O4/c1-13-12-31(21-17(13)20(26)28-22(27)29-21)16-11-15(18-19(16)34-25(5,6)33-18)14-7-9-30(10-8-14)23(32)35-24(2,3)4/h12,14-16,18-19H,7-11H2,1-6H3/t15-,16-,18-,19+/m1/s1. The van der Waals surface area contributed by atoms with E-state index in [1.165, 1.54) is 0 Å². The van der Waals surface area contributed by atoms with E-state index < -0.39 is 11.4 Å². The van der Waals surface area contributed by atoms with Crippen LogP contribution in [0.1, 0.15) is 65.5 Å². The molecule has 0 bridgehead atoms. The van der Waals surface area contributed by atoms with Crippen LogP contribution in [0.4, 0.5) is 4.79 Å². The molecule has 3 fully saturated rings. The number of aryl methyl sites for hydroxylation is 1. The molecule has 3 aliphatic rings. The highest BCUT2D eigenvalue weighted by atomic mass is 35.5. The molecule has 5 rings (SSSR count). The highest BCUT2D eigenvalue weighted by Gasteiger charge is 2.56. The smallest absolute Gasteiger partial charge is 0.410 e. The van der Waals surface area contributed by atoms with Crippen LogP contribution in [0.3, 0.4) is 0 Å². The predicted molar refractivity (Wildman–Crippen MR) is 134 cm³/mol. The van der Waals surface area contributed by atoms with Crippen LogP contribution < -0.4 is 0 Å². The number of amides is 1. The number of ether oxygens (including phenoxy) is 3.